The van der Waals surface area contributed by atoms with Gasteiger partial charge in [0.05, 0.1) is 13.2 Å². The van der Waals surface area contributed by atoms with Crippen molar-refractivity contribution in [2.24, 2.45) is 5.73 Å². The molecule has 0 saturated heterocycles. The summed E-state index contributed by atoms with van der Waals surface area (Å²) in [7, 11) is 1.67. The Kier molecular flexibility index (Phi) is 4.04. The molecular weight excluding hydrogens is 290 g/mol. The van der Waals surface area contributed by atoms with E-state index in [2.05, 4.69) is 22.9 Å². The smallest absolute Gasteiger partial charge is 0.119 e. The fraction of sp³-hybridized carbons (Fsp3) is 0.200. The van der Waals surface area contributed by atoms with Crippen LogP contribution >= 0.6 is 15.9 Å². The molecule has 0 aromatic heterocycles. The van der Waals surface area contributed by atoms with Crippen molar-refractivity contribution in [2.75, 3.05) is 7.11 Å². The van der Waals surface area contributed by atoms with Crippen LogP contribution in [0.1, 0.15) is 22.7 Å². The molecule has 0 fully saturated rings. The van der Waals surface area contributed by atoms with Gasteiger partial charge in [-0.3, -0.25) is 0 Å². The van der Waals surface area contributed by atoms with Gasteiger partial charge >= 0.3 is 0 Å². The lowest BCUT2D eigenvalue weighted by molar-refractivity contribution is 0.414. The van der Waals surface area contributed by atoms with Crippen molar-refractivity contribution < 1.29 is 4.74 Å². The standard InChI is InChI=1S/C15H16BrNO/c1-10-9-11(18-2)7-8-12(10)15(17)13-5-3-4-6-14(13)16/h3-9,15H,17H2,1-2H3. The molecule has 0 aliphatic rings. The topological polar surface area (TPSA) is 35.2 Å². The number of ether oxygens (including phenoxy) is 1. The van der Waals surface area contributed by atoms with Crippen LogP contribution in [0, 0.1) is 6.92 Å². The summed E-state index contributed by atoms with van der Waals surface area (Å²) in [6.45, 7) is 2.05. The third kappa shape index (κ3) is 2.57. The summed E-state index contributed by atoms with van der Waals surface area (Å²) < 4.78 is 6.24. The number of benzene rings is 2. The highest BCUT2D eigenvalue weighted by atomic mass is 79.9. The zero-order valence-electron chi connectivity index (χ0n) is 10.5. The van der Waals surface area contributed by atoms with Gasteiger partial charge in [0.2, 0.25) is 0 Å². The van der Waals surface area contributed by atoms with Crippen molar-refractivity contribution in [1.29, 1.82) is 0 Å². The van der Waals surface area contributed by atoms with Crippen LogP contribution in [0.15, 0.2) is 46.9 Å². The normalized spacial score (nSPS) is 12.2. The number of methoxy groups -OCH3 is 1. The van der Waals surface area contributed by atoms with Gasteiger partial charge in [-0.1, -0.05) is 40.2 Å². The van der Waals surface area contributed by atoms with Gasteiger partial charge in [0.15, 0.2) is 0 Å². The molecule has 2 N–H and O–H groups in total. The molecule has 0 radical (unpaired) electrons. The predicted molar refractivity (Wildman–Crippen MR) is 77.9 cm³/mol. The second kappa shape index (κ2) is 5.55. The molecule has 0 aliphatic carbocycles. The third-order valence-electron chi connectivity index (χ3n) is 3.05. The lowest BCUT2D eigenvalue weighted by Gasteiger charge is -2.17. The van der Waals surface area contributed by atoms with E-state index in [4.69, 9.17) is 10.5 Å². The quantitative estimate of drug-likeness (QED) is 0.936. The van der Waals surface area contributed by atoms with E-state index in [-0.39, 0.29) is 6.04 Å². The fourth-order valence-corrected chi connectivity index (χ4v) is 2.55. The van der Waals surface area contributed by atoms with Crippen LogP contribution in [0.5, 0.6) is 5.75 Å². The van der Waals surface area contributed by atoms with Gasteiger partial charge < -0.3 is 10.5 Å². The second-order valence-corrected chi connectivity index (χ2v) is 5.08. The minimum atomic E-state index is -0.133. The minimum Gasteiger partial charge on any atom is -0.497 e. The van der Waals surface area contributed by atoms with E-state index in [1.54, 1.807) is 7.11 Å². The van der Waals surface area contributed by atoms with Crippen LogP contribution in [0.25, 0.3) is 0 Å². The molecule has 0 spiro atoms. The van der Waals surface area contributed by atoms with Crippen LogP contribution in [0.3, 0.4) is 0 Å². The molecular formula is C15H16BrNO. The van der Waals surface area contributed by atoms with E-state index < -0.39 is 0 Å². The molecule has 3 heteroatoms. The van der Waals surface area contributed by atoms with Crippen molar-refractivity contribution in [3.05, 3.63) is 63.6 Å². The monoisotopic (exact) mass is 305 g/mol. The highest BCUT2D eigenvalue weighted by Gasteiger charge is 2.14. The minimum absolute atomic E-state index is 0.133. The molecule has 2 rings (SSSR count). The molecule has 1 atom stereocenters. The van der Waals surface area contributed by atoms with Gasteiger partial charge in [0.1, 0.15) is 5.75 Å². The van der Waals surface area contributed by atoms with Crippen LogP contribution < -0.4 is 10.5 Å². The van der Waals surface area contributed by atoms with Crippen molar-refractivity contribution in [1.82, 2.24) is 0 Å². The number of aryl methyl sites for hydroxylation is 1. The van der Waals surface area contributed by atoms with Crippen molar-refractivity contribution in [2.45, 2.75) is 13.0 Å². The molecule has 1 unspecified atom stereocenters. The molecule has 0 bridgehead atoms. The maximum absolute atomic E-state index is 6.34. The van der Waals surface area contributed by atoms with Gasteiger partial charge in [0, 0.05) is 4.47 Å². The fourth-order valence-electron chi connectivity index (χ4n) is 2.02. The first-order valence-electron chi connectivity index (χ1n) is 5.78. The highest BCUT2D eigenvalue weighted by Crippen LogP contribution is 2.29. The summed E-state index contributed by atoms with van der Waals surface area (Å²) in [6.07, 6.45) is 0. The largest absolute Gasteiger partial charge is 0.497 e. The summed E-state index contributed by atoms with van der Waals surface area (Å²) in [6, 6.07) is 13.9. The van der Waals surface area contributed by atoms with Crippen LogP contribution in [0.2, 0.25) is 0 Å². The summed E-state index contributed by atoms with van der Waals surface area (Å²) in [5, 5.41) is 0. The van der Waals surface area contributed by atoms with Crippen LogP contribution in [-0.2, 0) is 0 Å². The Labute approximate surface area is 116 Å². The summed E-state index contributed by atoms with van der Waals surface area (Å²) in [4.78, 5) is 0. The summed E-state index contributed by atoms with van der Waals surface area (Å²) in [5.41, 5.74) is 9.68. The first-order chi connectivity index (χ1) is 8.63. The number of nitrogens with two attached hydrogens (primary N) is 1. The summed E-state index contributed by atoms with van der Waals surface area (Å²) >= 11 is 3.54. The number of halogens is 1. The third-order valence-corrected chi connectivity index (χ3v) is 3.77. The molecule has 0 saturated carbocycles. The SMILES string of the molecule is COc1ccc(C(N)c2ccccc2Br)c(C)c1. The Morgan fingerprint density at radius 1 is 1.11 bits per heavy atom. The predicted octanol–water partition coefficient (Wildman–Crippen LogP) is 3.81. The Bertz CT molecular complexity index is 554. The maximum atomic E-state index is 6.34. The van der Waals surface area contributed by atoms with E-state index in [1.807, 2.05) is 42.5 Å². The van der Waals surface area contributed by atoms with Crippen molar-refractivity contribution in [3.8, 4) is 5.75 Å². The molecule has 2 aromatic carbocycles. The number of hydrogen-bond donors (Lipinski definition) is 1. The van der Waals surface area contributed by atoms with Gasteiger partial charge in [-0.15, -0.1) is 0 Å². The zero-order valence-corrected chi connectivity index (χ0v) is 12.1. The highest BCUT2D eigenvalue weighted by molar-refractivity contribution is 9.10. The number of hydrogen-bond acceptors (Lipinski definition) is 2. The molecule has 94 valence electrons. The van der Waals surface area contributed by atoms with E-state index in [1.165, 1.54) is 0 Å². The first kappa shape index (κ1) is 13.1. The second-order valence-electron chi connectivity index (χ2n) is 4.22. The average molecular weight is 306 g/mol. The van der Waals surface area contributed by atoms with E-state index in [0.29, 0.717) is 0 Å². The van der Waals surface area contributed by atoms with Crippen molar-refractivity contribution >= 4 is 15.9 Å². The van der Waals surface area contributed by atoms with E-state index in [0.717, 1.165) is 26.9 Å². The number of rotatable bonds is 3. The van der Waals surface area contributed by atoms with Gasteiger partial charge in [-0.25, -0.2) is 0 Å². The van der Waals surface area contributed by atoms with Gasteiger partial charge in [-0.05, 0) is 41.8 Å². The molecule has 2 nitrogen and oxygen atoms in total. The molecule has 0 amide bonds. The first-order valence-corrected chi connectivity index (χ1v) is 6.57. The Hall–Kier alpha value is -1.32. The van der Waals surface area contributed by atoms with Crippen LogP contribution in [0.4, 0.5) is 0 Å². The lowest BCUT2D eigenvalue weighted by atomic mass is 9.96. The molecule has 0 heterocycles. The van der Waals surface area contributed by atoms with E-state index >= 15 is 0 Å². The van der Waals surface area contributed by atoms with Crippen molar-refractivity contribution in [3.63, 3.8) is 0 Å². The average Bonchev–Trinajstić information content (AvgIpc) is 2.38. The van der Waals surface area contributed by atoms with E-state index in [9.17, 15) is 0 Å². The molecule has 0 aliphatic heterocycles. The Morgan fingerprint density at radius 3 is 2.44 bits per heavy atom. The molecule has 18 heavy (non-hydrogen) atoms. The molecule has 2 aromatic rings. The maximum Gasteiger partial charge on any atom is 0.119 e. The van der Waals surface area contributed by atoms with Gasteiger partial charge in [0.25, 0.3) is 0 Å². The Morgan fingerprint density at radius 2 is 1.83 bits per heavy atom. The van der Waals surface area contributed by atoms with Crippen LogP contribution in [-0.4, -0.2) is 7.11 Å². The Balaban J connectivity index is 2.40. The lowest BCUT2D eigenvalue weighted by Crippen LogP contribution is -2.13. The van der Waals surface area contributed by atoms with Gasteiger partial charge in [-0.2, -0.15) is 0 Å². The zero-order chi connectivity index (χ0) is 13.1. The summed E-state index contributed by atoms with van der Waals surface area (Å²) in [5.74, 6) is 0.857.